The van der Waals surface area contributed by atoms with Gasteiger partial charge in [0.15, 0.2) is 0 Å². The first-order valence-electron chi connectivity index (χ1n) is 6.16. The number of carbonyl (C=O) groups is 1. The first kappa shape index (κ1) is 14.0. The zero-order chi connectivity index (χ0) is 13.0. The van der Waals surface area contributed by atoms with Gasteiger partial charge in [0.25, 0.3) is 0 Å². The smallest absolute Gasteiger partial charge is 0.217 e. The third kappa shape index (κ3) is 4.00. The molecule has 0 saturated heterocycles. The van der Waals surface area contributed by atoms with E-state index in [0.29, 0.717) is 0 Å². The zero-order valence-electron chi connectivity index (χ0n) is 11.2. The van der Waals surface area contributed by atoms with E-state index in [9.17, 15) is 4.79 Å². The molecule has 1 aliphatic rings. The molecule has 0 fully saturated rings. The van der Waals surface area contributed by atoms with Crippen molar-refractivity contribution in [1.29, 1.82) is 0 Å². The van der Waals surface area contributed by atoms with Crippen molar-refractivity contribution >= 4 is 5.91 Å². The summed E-state index contributed by atoms with van der Waals surface area (Å²) in [5, 5.41) is 2.98. The number of rotatable bonds is 4. The topological polar surface area (TPSA) is 38.3 Å². The molecule has 3 atom stereocenters. The second kappa shape index (κ2) is 6.01. The fourth-order valence-corrected chi connectivity index (χ4v) is 2.29. The first-order valence-corrected chi connectivity index (χ1v) is 6.16. The fourth-order valence-electron chi connectivity index (χ4n) is 2.29. The molecule has 17 heavy (non-hydrogen) atoms. The number of carbonyl (C=O) groups excluding carboxylic acids is 1. The lowest BCUT2D eigenvalue weighted by atomic mass is 9.83. The summed E-state index contributed by atoms with van der Waals surface area (Å²) in [5.41, 5.74) is 1.29. The van der Waals surface area contributed by atoms with Gasteiger partial charge in [-0.2, -0.15) is 0 Å². The molecule has 96 valence electrons. The standard InChI is InChI=1S/C14H23NO2/c1-6-12-7-10(4)8-13(17-9(2)3)14(12)15-11(5)16/h6,8-9,12-14H,1,7H2,2-5H3,(H,15,16)/t12-,13+,14+/m0/s1. The number of nitrogens with one attached hydrogen (secondary N) is 1. The minimum absolute atomic E-state index is 0.00361. The predicted octanol–water partition coefficient (Wildman–Crippen LogP) is 2.44. The van der Waals surface area contributed by atoms with Crippen LogP contribution in [0.2, 0.25) is 0 Å². The molecule has 0 heterocycles. The maximum absolute atomic E-state index is 11.3. The van der Waals surface area contributed by atoms with Crippen molar-refractivity contribution < 1.29 is 9.53 Å². The Morgan fingerprint density at radius 2 is 2.29 bits per heavy atom. The Hall–Kier alpha value is -1.09. The Kier molecular flexibility index (Phi) is 4.94. The summed E-state index contributed by atoms with van der Waals surface area (Å²) in [6.07, 6.45) is 5.04. The lowest BCUT2D eigenvalue weighted by Crippen LogP contribution is -2.49. The van der Waals surface area contributed by atoms with Gasteiger partial charge in [-0.3, -0.25) is 4.79 Å². The van der Waals surface area contributed by atoms with Gasteiger partial charge in [0, 0.05) is 12.8 Å². The van der Waals surface area contributed by atoms with E-state index in [-0.39, 0.29) is 30.1 Å². The van der Waals surface area contributed by atoms with Gasteiger partial charge in [-0.1, -0.05) is 17.7 Å². The van der Waals surface area contributed by atoms with E-state index in [1.54, 1.807) is 0 Å². The third-order valence-corrected chi connectivity index (χ3v) is 2.92. The second-order valence-electron chi connectivity index (χ2n) is 4.99. The Bertz CT molecular complexity index is 320. The summed E-state index contributed by atoms with van der Waals surface area (Å²) >= 11 is 0. The predicted molar refractivity (Wildman–Crippen MR) is 69.7 cm³/mol. The monoisotopic (exact) mass is 237 g/mol. The van der Waals surface area contributed by atoms with Crippen LogP contribution in [-0.2, 0) is 9.53 Å². The van der Waals surface area contributed by atoms with Crippen LogP contribution in [0.15, 0.2) is 24.3 Å². The van der Waals surface area contributed by atoms with Gasteiger partial charge in [0.2, 0.25) is 5.91 Å². The largest absolute Gasteiger partial charge is 0.369 e. The first-order chi connectivity index (χ1) is 7.93. The molecular weight excluding hydrogens is 214 g/mol. The number of hydrogen-bond donors (Lipinski definition) is 1. The van der Waals surface area contributed by atoms with E-state index in [4.69, 9.17) is 4.74 Å². The summed E-state index contributed by atoms with van der Waals surface area (Å²) < 4.78 is 5.87. The minimum Gasteiger partial charge on any atom is -0.369 e. The molecule has 3 heteroatoms. The van der Waals surface area contributed by atoms with Crippen molar-refractivity contribution in [2.75, 3.05) is 0 Å². The molecule has 0 aromatic carbocycles. The fraction of sp³-hybridized carbons (Fsp3) is 0.643. The maximum Gasteiger partial charge on any atom is 0.217 e. The average molecular weight is 237 g/mol. The summed E-state index contributed by atoms with van der Waals surface area (Å²) in [6.45, 7) is 11.5. The molecule has 0 aliphatic heterocycles. The molecule has 0 unspecified atom stereocenters. The van der Waals surface area contributed by atoms with Gasteiger partial charge < -0.3 is 10.1 Å². The van der Waals surface area contributed by atoms with E-state index in [0.717, 1.165) is 6.42 Å². The Morgan fingerprint density at radius 3 is 2.76 bits per heavy atom. The molecule has 0 radical (unpaired) electrons. The van der Waals surface area contributed by atoms with Gasteiger partial charge in [0.1, 0.15) is 0 Å². The van der Waals surface area contributed by atoms with Gasteiger partial charge in [-0.25, -0.2) is 0 Å². The quantitative estimate of drug-likeness (QED) is 0.763. The number of hydrogen-bond acceptors (Lipinski definition) is 2. The molecular formula is C14H23NO2. The summed E-state index contributed by atoms with van der Waals surface area (Å²) in [6, 6.07) is -0.00361. The third-order valence-electron chi connectivity index (χ3n) is 2.92. The molecule has 1 aliphatic carbocycles. The van der Waals surface area contributed by atoms with Crippen molar-refractivity contribution in [2.45, 2.75) is 52.4 Å². The maximum atomic E-state index is 11.3. The van der Waals surface area contributed by atoms with E-state index >= 15 is 0 Å². The number of amides is 1. The molecule has 1 N–H and O–H groups in total. The summed E-state index contributed by atoms with van der Waals surface area (Å²) in [5.74, 6) is 0.222. The second-order valence-corrected chi connectivity index (χ2v) is 4.99. The molecule has 3 nitrogen and oxygen atoms in total. The average Bonchev–Trinajstić information content (AvgIpc) is 2.20. The number of allylic oxidation sites excluding steroid dienone is 1. The van der Waals surface area contributed by atoms with Gasteiger partial charge >= 0.3 is 0 Å². The Balaban J connectivity index is 2.89. The van der Waals surface area contributed by atoms with Crippen molar-refractivity contribution in [3.63, 3.8) is 0 Å². The minimum atomic E-state index is -0.0596. The van der Waals surface area contributed by atoms with Crippen LogP contribution in [-0.4, -0.2) is 24.2 Å². The van der Waals surface area contributed by atoms with Crippen molar-refractivity contribution in [2.24, 2.45) is 5.92 Å². The van der Waals surface area contributed by atoms with Crippen LogP contribution in [0.3, 0.4) is 0 Å². The van der Waals surface area contributed by atoms with Crippen LogP contribution in [0.1, 0.15) is 34.1 Å². The van der Waals surface area contributed by atoms with Gasteiger partial charge in [0.05, 0.1) is 18.2 Å². The molecule has 0 aromatic heterocycles. The van der Waals surface area contributed by atoms with Crippen LogP contribution < -0.4 is 5.32 Å². The van der Waals surface area contributed by atoms with Gasteiger partial charge in [-0.15, -0.1) is 6.58 Å². The lowest BCUT2D eigenvalue weighted by molar-refractivity contribution is -0.121. The highest BCUT2D eigenvalue weighted by atomic mass is 16.5. The normalized spacial score (nSPS) is 28.8. The van der Waals surface area contributed by atoms with E-state index in [2.05, 4.69) is 24.9 Å². The molecule has 0 bridgehead atoms. The molecule has 1 amide bonds. The lowest BCUT2D eigenvalue weighted by Gasteiger charge is -2.36. The molecule has 0 spiro atoms. The Labute approximate surface area is 104 Å². The van der Waals surface area contributed by atoms with E-state index in [1.165, 1.54) is 12.5 Å². The van der Waals surface area contributed by atoms with E-state index in [1.807, 2.05) is 19.9 Å². The molecule has 1 rings (SSSR count). The van der Waals surface area contributed by atoms with Crippen LogP contribution in [0.25, 0.3) is 0 Å². The summed E-state index contributed by atoms with van der Waals surface area (Å²) in [7, 11) is 0. The highest BCUT2D eigenvalue weighted by molar-refractivity contribution is 5.73. The van der Waals surface area contributed by atoms with Crippen molar-refractivity contribution in [3.05, 3.63) is 24.3 Å². The van der Waals surface area contributed by atoms with Crippen molar-refractivity contribution in [1.82, 2.24) is 5.32 Å². The summed E-state index contributed by atoms with van der Waals surface area (Å²) in [4.78, 5) is 11.3. The van der Waals surface area contributed by atoms with Gasteiger partial charge in [-0.05, 0) is 27.2 Å². The molecule has 0 aromatic rings. The van der Waals surface area contributed by atoms with Crippen molar-refractivity contribution in [3.8, 4) is 0 Å². The SMILES string of the molecule is C=C[C@H]1CC(C)=C[C@@H](OC(C)C)[C@@H]1NC(C)=O. The Morgan fingerprint density at radius 1 is 1.65 bits per heavy atom. The number of ether oxygens (including phenoxy) is 1. The highest BCUT2D eigenvalue weighted by Crippen LogP contribution is 2.27. The van der Waals surface area contributed by atoms with Crippen LogP contribution in [0.4, 0.5) is 0 Å². The van der Waals surface area contributed by atoms with Crippen LogP contribution in [0, 0.1) is 5.92 Å². The highest BCUT2D eigenvalue weighted by Gasteiger charge is 2.32. The van der Waals surface area contributed by atoms with Crippen LogP contribution in [0.5, 0.6) is 0 Å². The zero-order valence-corrected chi connectivity index (χ0v) is 11.2. The van der Waals surface area contributed by atoms with Crippen LogP contribution >= 0.6 is 0 Å². The van der Waals surface area contributed by atoms with E-state index < -0.39 is 0 Å². The molecule has 0 saturated carbocycles.